The zero-order chi connectivity index (χ0) is 24.5. The molecular weight excluding hydrogens is 574 g/mol. The van der Waals surface area contributed by atoms with Gasteiger partial charge in [0.15, 0.2) is 11.5 Å². The zero-order valence-electron chi connectivity index (χ0n) is 19.4. The molecule has 0 aliphatic heterocycles. The van der Waals surface area contributed by atoms with Crippen LogP contribution in [0.25, 0.3) is 10.9 Å². The summed E-state index contributed by atoms with van der Waals surface area (Å²) in [5.74, 6) is 1.48. The molecule has 1 heterocycles. The van der Waals surface area contributed by atoms with Crippen LogP contribution >= 0.6 is 43.5 Å². The Morgan fingerprint density at radius 1 is 1.24 bits per heavy atom. The predicted molar refractivity (Wildman–Crippen MR) is 141 cm³/mol. The van der Waals surface area contributed by atoms with Crippen LogP contribution in [0.15, 0.2) is 43.1 Å². The SMILES string of the molecule is COc1cc(C=Nn2c(C(C)C)nc3ccc(Br)cc3c2=O)c(Br)c(Cl)c1OCC(C)(C)C. The van der Waals surface area contributed by atoms with Crippen LogP contribution in [0, 0.1) is 5.41 Å². The molecule has 0 radical (unpaired) electrons. The minimum atomic E-state index is -0.249. The highest BCUT2D eigenvalue weighted by Gasteiger charge is 2.20. The molecule has 9 heteroatoms. The maximum absolute atomic E-state index is 13.2. The van der Waals surface area contributed by atoms with Crippen molar-refractivity contribution in [3.63, 3.8) is 0 Å². The van der Waals surface area contributed by atoms with E-state index in [0.29, 0.717) is 49.9 Å². The molecule has 176 valence electrons. The van der Waals surface area contributed by atoms with Gasteiger partial charge in [-0.2, -0.15) is 9.78 Å². The number of hydrogen-bond donors (Lipinski definition) is 0. The lowest BCUT2D eigenvalue weighted by Crippen LogP contribution is -2.23. The summed E-state index contributed by atoms with van der Waals surface area (Å²) >= 11 is 13.6. The number of benzene rings is 2. The Morgan fingerprint density at radius 2 is 1.94 bits per heavy atom. The quantitative estimate of drug-likeness (QED) is 0.286. The summed E-state index contributed by atoms with van der Waals surface area (Å²) in [5, 5.41) is 5.34. The number of fused-ring (bicyclic) bond motifs is 1. The Labute approximate surface area is 215 Å². The number of halogens is 3. The van der Waals surface area contributed by atoms with Crippen molar-refractivity contribution >= 4 is 60.6 Å². The van der Waals surface area contributed by atoms with Crippen molar-refractivity contribution < 1.29 is 9.47 Å². The molecule has 0 fully saturated rings. The first kappa shape index (κ1) is 25.7. The summed E-state index contributed by atoms with van der Waals surface area (Å²) in [7, 11) is 1.55. The van der Waals surface area contributed by atoms with E-state index in [1.807, 2.05) is 26.0 Å². The predicted octanol–water partition coefficient (Wildman–Crippen LogP) is 7.01. The number of hydrogen-bond acceptors (Lipinski definition) is 5. The summed E-state index contributed by atoms with van der Waals surface area (Å²) in [6.45, 7) is 10.6. The Balaban J connectivity index is 2.11. The molecule has 3 rings (SSSR count). The Hall–Kier alpha value is -1.90. The van der Waals surface area contributed by atoms with Gasteiger partial charge in [0, 0.05) is 20.4 Å². The van der Waals surface area contributed by atoms with Gasteiger partial charge in [-0.15, -0.1) is 0 Å². The maximum atomic E-state index is 13.2. The summed E-state index contributed by atoms with van der Waals surface area (Å²) in [6.07, 6.45) is 1.56. The summed E-state index contributed by atoms with van der Waals surface area (Å²) < 4.78 is 14.2. The topological polar surface area (TPSA) is 65.7 Å². The average molecular weight is 600 g/mol. The molecule has 0 unspecified atom stereocenters. The van der Waals surface area contributed by atoms with E-state index in [9.17, 15) is 4.79 Å². The number of rotatable bonds is 6. The highest BCUT2D eigenvalue weighted by Crippen LogP contribution is 2.42. The standard InChI is InChI=1S/C24H26Br2ClN3O3/c1-13(2)22-29-17-8-7-15(25)10-16(17)23(31)30(22)28-11-14-9-18(32-6)21(20(27)19(14)26)33-12-24(3,4)5/h7-11,13H,12H2,1-6H3. The largest absolute Gasteiger partial charge is 0.493 e. The first-order valence-corrected chi connectivity index (χ1v) is 12.3. The number of aromatic nitrogens is 2. The van der Waals surface area contributed by atoms with Gasteiger partial charge in [0.2, 0.25) is 0 Å². The molecule has 0 spiro atoms. The van der Waals surface area contributed by atoms with Crippen molar-refractivity contribution in [2.75, 3.05) is 13.7 Å². The lowest BCUT2D eigenvalue weighted by molar-refractivity contribution is 0.191. The van der Waals surface area contributed by atoms with E-state index in [0.717, 1.165) is 4.47 Å². The summed E-state index contributed by atoms with van der Waals surface area (Å²) in [4.78, 5) is 17.9. The Morgan fingerprint density at radius 3 is 2.55 bits per heavy atom. The number of methoxy groups -OCH3 is 1. The first-order chi connectivity index (χ1) is 15.4. The smallest absolute Gasteiger partial charge is 0.282 e. The molecule has 33 heavy (non-hydrogen) atoms. The lowest BCUT2D eigenvalue weighted by Gasteiger charge is -2.21. The van der Waals surface area contributed by atoms with Gasteiger partial charge in [-0.05, 0) is 45.6 Å². The third-order valence-corrected chi connectivity index (χ3v) is 6.62. The molecular formula is C24H26Br2ClN3O3. The van der Waals surface area contributed by atoms with Gasteiger partial charge < -0.3 is 9.47 Å². The molecule has 0 aliphatic carbocycles. The Kier molecular flexibility index (Phi) is 7.91. The van der Waals surface area contributed by atoms with Gasteiger partial charge in [0.25, 0.3) is 5.56 Å². The van der Waals surface area contributed by atoms with E-state index in [1.165, 1.54) is 4.68 Å². The normalized spacial score (nSPS) is 12.2. The van der Waals surface area contributed by atoms with Crippen LogP contribution in [0.1, 0.15) is 51.9 Å². The van der Waals surface area contributed by atoms with Gasteiger partial charge in [-0.1, -0.05) is 62.1 Å². The molecule has 1 aromatic heterocycles. The molecule has 0 N–H and O–H groups in total. The molecule has 0 saturated carbocycles. The minimum absolute atomic E-state index is 0.0161. The van der Waals surface area contributed by atoms with Gasteiger partial charge in [0.1, 0.15) is 10.8 Å². The van der Waals surface area contributed by atoms with Gasteiger partial charge in [-0.3, -0.25) is 4.79 Å². The second kappa shape index (κ2) is 10.2. The lowest BCUT2D eigenvalue weighted by atomic mass is 9.99. The van der Waals surface area contributed by atoms with Crippen LogP contribution in [0.2, 0.25) is 5.02 Å². The van der Waals surface area contributed by atoms with Crippen molar-refractivity contribution in [2.45, 2.75) is 40.5 Å². The fraction of sp³-hybridized carbons (Fsp3) is 0.375. The van der Waals surface area contributed by atoms with Crippen molar-refractivity contribution in [3.8, 4) is 11.5 Å². The number of nitrogens with zero attached hydrogens (tertiary/aromatic N) is 3. The molecule has 2 aromatic carbocycles. The van der Waals surface area contributed by atoms with Crippen molar-refractivity contribution in [2.24, 2.45) is 10.5 Å². The fourth-order valence-corrected chi connectivity index (χ4v) is 4.06. The molecule has 6 nitrogen and oxygen atoms in total. The van der Waals surface area contributed by atoms with Crippen LogP contribution in [0.5, 0.6) is 11.5 Å². The first-order valence-electron chi connectivity index (χ1n) is 10.4. The average Bonchev–Trinajstić information content (AvgIpc) is 2.74. The fourth-order valence-electron chi connectivity index (χ4n) is 3.04. The van der Waals surface area contributed by atoms with E-state index in [4.69, 9.17) is 21.1 Å². The second-order valence-electron chi connectivity index (χ2n) is 9.12. The maximum Gasteiger partial charge on any atom is 0.282 e. The second-order valence-corrected chi connectivity index (χ2v) is 11.2. The molecule has 0 atom stereocenters. The summed E-state index contributed by atoms with van der Waals surface area (Å²) in [6, 6.07) is 7.19. The minimum Gasteiger partial charge on any atom is -0.493 e. The van der Waals surface area contributed by atoms with Crippen LogP contribution in [-0.4, -0.2) is 29.6 Å². The van der Waals surface area contributed by atoms with E-state index in [-0.39, 0.29) is 16.9 Å². The zero-order valence-corrected chi connectivity index (χ0v) is 23.3. The van der Waals surface area contributed by atoms with Crippen molar-refractivity contribution in [3.05, 3.63) is 60.0 Å². The van der Waals surface area contributed by atoms with Crippen LogP contribution < -0.4 is 15.0 Å². The molecule has 3 aromatic rings. The van der Waals surface area contributed by atoms with Crippen LogP contribution in [0.4, 0.5) is 0 Å². The van der Waals surface area contributed by atoms with Crippen LogP contribution in [0.3, 0.4) is 0 Å². The summed E-state index contributed by atoms with van der Waals surface area (Å²) in [5.41, 5.74) is 0.967. The number of ether oxygens (including phenoxy) is 2. The van der Waals surface area contributed by atoms with Gasteiger partial charge in [-0.25, -0.2) is 4.98 Å². The van der Waals surface area contributed by atoms with Crippen molar-refractivity contribution in [1.29, 1.82) is 0 Å². The van der Waals surface area contributed by atoms with E-state index in [2.05, 4.69) is 62.7 Å². The highest BCUT2D eigenvalue weighted by atomic mass is 79.9. The monoisotopic (exact) mass is 597 g/mol. The highest BCUT2D eigenvalue weighted by molar-refractivity contribution is 9.10. The third-order valence-electron chi connectivity index (χ3n) is 4.69. The molecule has 0 aliphatic rings. The third kappa shape index (κ3) is 5.78. The molecule has 0 amide bonds. The van der Waals surface area contributed by atoms with E-state index < -0.39 is 0 Å². The Bertz CT molecular complexity index is 1280. The molecule has 0 saturated heterocycles. The van der Waals surface area contributed by atoms with Crippen LogP contribution in [-0.2, 0) is 0 Å². The van der Waals surface area contributed by atoms with Gasteiger partial charge in [0.05, 0.1) is 30.8 Å². The van der Waals surface area contributed by atoms with E-state index >= 15 is 0 Å². The van der Waals surface area contributed by atoms with Gasteiger partial charge >= 0.3 is 0 Å². The molecule has 0 bridgehead atoms. The van der Waals surface area contributed by atoms with Crippen molar-refractivity contribution in [1.82, 2.24) is 9.66 Å². The van der Waals surface area contributed by atoms with E-state index in [1.54, 1.807) is 25.5 Å².